The van der Waals surface area contributed by atoms with Crippen LogP contribution in [0.15, 0.2) is 25.8 Å². The van der Waals surface area contributed by atoms with Crippen molar-refractivity contribution < 1.29 is 13.9 Å². The summed E-state index contributed by atoms with van der Waals surface area (Å²) >= 11 is 4.70. The number of thiazole rings is 1. The van der Waals surface area contributed by atoms with Gasteiger partial charge >= 0.3 is 5.97 Å². The van der Waals surface area contributed by atoms with Gasteiger partial charge in [0, 0.05) is 5.38 Å². The number of halogens is 1. The van der Waals surface area contributed by atoms with E-state index in [0.717, 1.165) is 3.92 Å². The van der Waals surface area contributed by atoms with Gasteiger partial charge in [-0.3, -0.25) is 0 Å². The number of methoxy groups -OCH3 is 1. The van der Waals surface area contributed by atoms with Gasteiger partial charge in [-0.1, -0.05) is 0 Å². The SMILES string of the molecule is COC(=O)c1ccc(-c2csc(Br)n2)o1. The Hall–Kier alpha value is -1.14. The highest BCUT2D eigenvalue weighted by Gasteiger charge is 2.13. The van der Waals surface area contributed by atoms with Crippen LogP contribution in [0.25, 0.3) is 11.5 Å². The number of carbonyl (C=O) groups excluding carboxylic acids is 1. The maximum Gasteiger partial charge on any atom is 0.373 e. The lowest BCUT2D eigenvalue weighted by Gasteiger charge is -1.92. The van der Waals surface area contributed by atoms with E-state index in [0.29, 0.717) is 11.5 Å². The van der Waals surface area contributed by atoms with Gasteiger partial charge in [-0.15, -0.1) is 11.3 Å². The molecule has 4 nitrogen and oxygen atoms in total. The molecule has 15 heavy (non-hydrogen) atoms. The van der Waals surface area contributed by atoms with Crippen molar-refractivity contribution in [1.29, 1.82) is 0 Å². The first-order valence-electron chi connectivity index (χ1n) is 4.00. The van der Waals surface area contributed by atoms with E-state index >= 15 is 0 Å². The third-order valence-corrected chi connectivity index (χ3v) is 3.09. The lowest BCUT2D eigenvalue weighted by atomic mass is 10.3. The molecule has 0 atom stereocenters. The maximum atomic E-state index is 11.1. The number of ether oxygens (including phenoxy) is 1. The third-order valence-electron chi connectivity index (χ3n) is 1.72. The molecule has 0 spiro atoms. The van der Waals surface area contributed by atoms with E-state index in [4.69, 9.17) is 4.42 Å². The molecule has 2 aromatic heterocycles. The molecule has 2 rings (SSSR count). The van der Waals surface area contributed by atoms with Crippen LogP contribution in [0, 0.1) is 0 Å². The van der Waals surface area contributed by atoms with Gasteiger partial charge in [0.15, 0.2) is 9.68 Å². The summed E-state index contributed by atoms with van der Waals surface area (Å²) in [4.78, 5) is 15.3. The second kappa shape index (κ2) is 4.16. The maximum absolute atomic E-state index is 11.1. The van der Waals surface area contributed by atoms with E-state index in [1.54, 1.807) is 12.1 Å². The zero-order valence-corrected chi connectivity index (χ0v) is 10.1. The van der Waals surface area contributed by atoms with Crippen LogP contribution in [0.2, 0.25) is 0 Å². The number of hydrogen-bond acceptors (Lipinski definition) is 5. The van der Waals surface area contributed by atoms with Crippen molar-refractivity contribution in [1.82, 2.24) is 4.98 Å². The van der Waals surface area contributed by atoms with Crippen LogP contribution < -0.4 is 0 Å². The average Bonchev–Trinajstić information content (AvgIpc) is 2.84. The molecule has 0 unspecified atom stereocenters. The summed E-state index contributed by atoms with van der Waals surface area (Å²) in [6, 6.07) is 3.25. The van der Waals surface area contributed by atoms with Gasteiger partial charge in [-0.05, 0) is 28.1 Å². The monoisotopic (exact) mass is 287 g/mol. The smallest absolute Gasteiger partial charge is 0.373 e. The van der Waals surface area contributed by atoms with Crippen molar-refractivity contribution in [2.24, 2.45) is 0 Å². The Labute approximate surface area is 98.0 Å². The van der Waals surface area contributed by atoms with Gasteiger partial charge in [0.05, 0.1) is 7.11 Å². The van der Waals surface area contributed by atoms with Crippen LogP contribution in [0.3, 0.4) is 0 Å². The standard InChI is InChI=1S/C9H6BrNO3S/c1-13-8(12)7-3-2-6(14-7)5-4-15-9(10)11-5/h2-4H,1H3. The van der Waals surface area contributed by atoms with Gasteiger partial charge in [0.1, 0.15) is 5.69 Å². The molecule has 0 saturated heterocycles. The second-order valence-electron chi connectivity index (χ2n) is 2.64. The summed E-state index contributed by atoms with van der Waals surface area (Å²) in [5.41, 5.74) is 0.696. The lowest BCUT2D eigenvalue weighted by Crippen LogP contribution is -1.98. The van der Waals surface area contributed by atoms with E-state index < -0.39 is 5.97 Å². The second-order valence-corrected chi connectivity index (χ2v) is 4.78. The highest BCUT2D eigenvalue weighted by Crippen LogP contribution is 2.26. The summed E-state index contributed by atoms with van der Waals surface area (Å²) in [5.74, 6) is 0.240. The van der Waals surface area contributed by atoms with Crippen molar-refractivity contribution in [3.8, 4) is 11.5 Å². The van der Waals surface area contributed by atoms with Crippen LogP contribution in [0.5, 0.6) is 0 Å². The first-order chi connectivity index (χ1) is 7.20. The zero-order valence-electron chi connectivity index (χ0n) is 7.69. The fourth-order valence-electron chi connectivity index (χ4n) is 1.05. The normalized spacial score (nSPS) is 10.3. The van der Waals surface area contributed by atoms with Gasteiger partial charge in [-0.25, -0.2) is 9.78 Å². The van der Waals surface area contributed by atoms with Gasteiger partial charge < -0.3 is 9.15 Å². The summed E-state index contributed by atoms with van der Waals surface area (Å²) in [7, 11) is 1.31. The summed E-state index contributed by atoms with van der Waals surface area (Å²) in [6.45, 7) is 0. The van der Waals surface area contributed by atoms with Crippen LogP contribution in [-0.2, 0) is 4.74 Å². The van der Waals surface area contributed by atoms with Crippen molar-refractivity contribution in [2.75, 3.05) is 7.11 Å². The molecule has 6 heteroatoms. The van der Waals surface area contributed by atoms with Crippen molar-refractivity contribution in [3.05, 3.63) is 27.2 Å². The molecule has 2 aromatic rings. The molecule has 0 N–H and O–H groups in total. The fourth-order valence-corrected chi connectivity index (χ4v) is 2.05. The molecule has 0 aliphatic carbocycles. The molecule has 78 valence electrons. The Morgan fingerprint density at radius 3 is 3.00 bits per heavy atom. The minimum Gasteiger partial charge on any atom is -0.463 e. The highest BCUT2D eigenvalue weighted by atomic mass is 79.9. The Bertz CT molecular complexity index is 491. The first kappa shape index (κ1) is 10.4. The van der Waals surface area contributed by atoms with E-state index in [2.05, 4.69) is 25.7 Å². The van der Waals surface area contributed by atoms with Gasteiger partial charge in [-0.2, -0.15) is 0 Å². The quantitative estimate of drug-likeness (QED) is 0.797. The molecule has 0 aliphatic heterocycles. The van der Waals surface area contributed by atoms with Crippen LogP contribution >= 0.6 is 27.3 Å². The van der Waals surface area contributed by atoms with Crippen LogP contribution in [-0.4, -0.2) is 18.1 Å². The highest BCUT2D eigenvalue weighted by molar-refractivity contribution is 9.11. The number of esters is 1. The summed E-state index contributed by atoms with van der Waals surface area (Å²) in [6.07, 6.45) is 0. The Kier molecular flexibility index (Phi) is 2.88. The molecular weight excluding hydrogens is 282 g/mol. The predicted molar refractivity (Wildman–Crippen MR) is 58.9 cm³/mol. The van der Waals surface area contributed by atoms with Gasteiger partial charge in [0.2, 0.25) is 5.76 Å². The zero-order chi connectivity index (χ0) is 10.8. The number of aromatic nitrogens is 1. The summed E-state index contributed by atoms with van der Waals surface area (Å²) < 4.78 is 10.6. The van der Waals surface area contributed by atoms with E-state index in [1.807, 2.05) is 5.38 Å². The molecule has 0 aromatic carbocycles. The Balaban J connectivity index is 2.31. The van der Waals surface area contributed by atoms with Crippen LogP contribution in [0.1, 0.15) is 10.6 Å². The number of furan rings is 1. The molecule has 0 radical (unpaired) electrons. The fraction of sp³-hybridized carbons (Fsp3) is 0.111. The number of hydrogen-bond donors (Lipinski definition) is 0. The molecular formula is C9H6BrNO3S. The molecule has 0 saturated carbocycles. The molecule has 0 aliphatic rings. The largest absolute Gasteiger partial charge is 0.463 e. The first-order valence-corrected chi connectivity index (χ1v) is 5.67. The van der Waals surface area contributed by atoms with Crippen molar-refractivity contribution in [3.63, 3.8) is 0 Å². The summed E-state index contributed by atoms with van der Waals surface area (Å²) in [5, 5.41) is 1.84. The third kappa shape index (κ3) is 2.10. The van der Waals surface area contributed by atoms with Gasteiger partial charge in [0.25, 0.3) is 0 Å². The molecule has 0 fully saturated rings. The Morgan fingerprint density at radius 2 is 2.40 bits per heavy atom. The minimum absolute atomic E-state index is 0.177. The molecule has 0 amide bonds. The lowest BCUT2D eigenvalue weighted by molar-refractivity contribution is 0.0566. The topological polar surface area (TPSA) is 52.3 Å². The predicted octanol–water partition coefficient (Wildman–Crippen LogP) is 2.95. The number of rotatable bonds is 2. The average molecular weight is 288 g/mol. The van der Waals surface area contributed by atoms with Crippen molar-refractivity contribution >= 4 is 33.2 Å². The number of carbonyl (C=O) groups is 1. The van der Waals surface area contributed by atoms with E-state index in [1.165, 1.54) is 18.4 Å². The molecule has 2 heterocycles. The van der Waals surface area contributed by atoms with E-state index in [-0.39, 0.29) is 5.76 Å². The van der Waals surface area contributed by atoms with E-state index in [9.17, 15) is 4.79 Å². The minimum atomic E-state index is -0.490. The van der Waals surface area contributed by atoms with Crippen LogP contribution in [0.4, 0.5) is 0 Å². The number of nitrogens with zero attached hydrogens (tertiary/aromatic N) is 1. The molecule has 0 bridgehead atoms. The van der Waals surface area contributed by atoms with Crippen molar-refractivity contribution in [2.45, 2.75) is 0 Å². The Morgan fingerprint density at radius 1 is 1.60 bits per heavy atom.